The van der Waals surface area contributed by atoms with Gasteiger partial charge in [0.1, 0.15) is 17.2 Å². The maximum absolute atomic E-state index is 14.2. The molecule has 0 bridgehead atoms. The number of carbonyl (C=O) groups excluding carboxylic acids is 2. The van der Waals surface area contributed by atoms with Gasteiger partial charge in [0, 0.05) is 29.2 Å². The molecular weight excluding hydrogens is 521 g/mol. The van der Waals surface area contributed by atoms with Gasteiger partial charge in [-0.1, -0.05) is 44.5 Å². The van der Waals surface area contributed by atoms with E-state index < -0.39 is 17.4 Å². The molecule has 1 heterocycles. The Labute approximate surface area is 233 Å². The first kappa shape index (κ1) is 28.7. The molecule has 2 N–H and O–H groups in total. The minimum Gasteiger partial charge on any atom is -0.481 e. The van der Waals surface area contributed by atoms with Crippen LogP contribution in [-0.4, -0.2) is 52.3 Å². The van der Waals surface area contributed by atoms with Gasteiger partial charge in [-0.3, -0.25) is 19.4 Å². The van der Waals surface area contributed by atoms with Crippen LogP contribution in [0, 0.1) is 17.2 Å². The Bertz CT molecular complexity index is 1260. The van der Waals surface area contributed by atoms with Crippen LogP contribution in [0.2, 0.25) is 5.02 Å². The fourth-order valence-electron chi connectivity index (χ4n) is 5.60. The number of rotatable bonds is 8. The number of carbonyl (C=O) groups is 3. The van der Waals surface area contributed by atoms with Crippen molar-refractivity contribution in [1.82, 2.24) is 10.2 Å². The van der Waals surface area contributed by atoms with E-state index in [0.717, 1.165) is 31.2 Å². The normalized spacial score (nSPS) is 21.3. The van der Waals surface area contributed by atoms with Crippen molar-refractivity contribution in [2.75, 3.05) is 13.1 Å². The molecule has 208 valence electrons. The highest BCUT2D eigenvalue weighted by atomic mass is 35.5. The Morgan fingerprint density at radius 1 is 1.15 bits per heavy atom. The van der Waals surface area contributed by atoms with Gasteiger partial charge in [0.05, 0.1) is 6.42 Å². The van der Waals surface area contributed by atoms with Crippen molar-refractivity contribution in [2.24, 2.45) is 16.3 Å². The summed E-state index contributed by atoms with van der Waals surface area (Å²) < 4.78 is 14.2. The number of aliphatic imine (C=N–C) groups is 1. The van der Waals surface area contributed by atoms with Crippen molar-refractivity contribution < 1.29 is 23.9 Å². The molecule has 39 heavy (non-hydrogen) atoms. The number of amides is 2. The van der Waals surface area contributed by atoms with Gasteiger partial charge in [-0.15, -0.1) is 0 Å². The molecule has 1 aliphatic heterocycles. The predicted octanol–water partition coefficient (Wildman–Crippen LogP) is 5.49. The number of benzene rings is 2. The number of carboxylic acids is 1. The summed E-state index contributed by atoms with van der Waals surface area (Å²) in [5.41, 5.74) is 1.52. The summed E-state index contributed by atoms with van der Waals surface area (Å²) in [6.45, 7) is 7.22. The van der Waals surface area contributed by atoms with Crippen molar-refractivity contribution in [3.63, 3.8) is 0 Å². The Kier molecular flexibility index (Phi) is 8.45. The summed E-state index contributed by atoms with van der Waals surface area (Å²) in [6, 6.07) is 11.2. The lowest BCUT2D eigenvalue weighted by Crippen LogP contribution is -2.50. The molecule has 1 spiro atoms. The van der Waals surface area contributed by atoms with Crippen LogP contribution in [0.25, 0.3) is 0 Å². The minimum atomic E-state index is -0.973. The van der Waals surface area contributed by atoms with Gasteiger partial charge in [-0.2, -0.15) is 0 Å². The second kappa shape index (κ2) is 11.5. The van der Waals surface area contributed by atoms with E-state index >= 15 is 0 Å². The smallest absolute Gasteiger partial charge is 0.305 e. The van der Waals surface area contributed by atoms with E-state index in [4.69, 9.17) is 21.7 Å². The van der Waals surface area contributed by atoms with Crippen LogP contribution in [0.15, 0.2) is 47.5 Å². The molecule has 2 amide bonds. The molecule has 1 fully saturated rings. The average Bonchev–Trinajstić information content (AvgIpc) is 3.12. The molecule has 4 rings (SSSR count). The van der Waals surface area contributed by atoms with E-state index in [1.807, 2.05) is 17.0 Å². The molecule has 2 aromatic rings. The third kappa shape index (κ3) is 6.67. The average molecular weight is 556 g/mol. The maximum atomic E-state index is 14.2. The van der Waals surface area contributed by atoms with E-state index in [9.17, 15) is 18.8 Å². The maximum Gasteiger partial charge on any atom is 0.305 e. The van der Waals surface area contributed by atoms with E-state index in [-0.39, 0.29) is 40.9 Å². The summed E-state index contributed by atoms with van der Waals surface area (Å²) >= 11 is 6.10. The van der Waals surface area contributed by atoms with E-state index in [2.05, 4.69) is 26.1 Å². The SMILES string of the molecule is CC(C)(C)C1CCC2(CC1)N=C(c1cc(F)cc(Cl)c1)C(=O)N2CCc1ccc(C(=O)NCCC(=O)O)cc1. The van der Waals surface area contributed by atoms with Crippen LogP contribution >= 0.6 is 11.6 Å². The molecule has 0 atom stereocenters. The number of halogens is 2. The quantitative estimate of drug-likeness (QED) is 0.450. The highest BCUT2D eigenvalue weighted by Gasteiger charge is 2.49. The van der Waals surface area contributed by atoms with Crippen LogP contribution in [0.5, 0.6) is 0 Å². The van der Waals surface area contributed by atoms with Crippen molar-refractivity contribution in [2.45, 2.75) is 65.0 Å². The van der Waals surface area contributed by atoms with Crippen molar-refractivity contribution in [1.29, 1.82) is 0 Å². The summed E-state index contributed by atoms with van der Waals surface area (Å²) in [5, 5.41) is 11.5. The zero-order valence-corrected chi connectivity index (χ0v) is 23.4. The Morgan fingerprint density at radius 3 is 2.41 bits per heavy atom. The zero-order valence-electron chi connectivity index (χ0n) is 22.6. The summed E-state index contributed by atoms with van der Waals surface area (Å²) in [6.07, 6.45) is 3.78. The monoisotopic (exact) mass is 555 g/mol. The molecule has 9 heteroatoms. The fourth-order valence-corrected chi connectivity index (χ4v) is 5.82. The molecule has 1 aliphatic carbocycles. The largest absolute Gasteiger partial charge is 0.481 e. The molecule has 2 aromatic carbocycles. The number of hydrogen-bond acceptors (Lipinski definition) is 4. The van der Waals surface area contributed by atoms with Crippen LogP contribution in [0.3, 0.4) is 0 Å². The van der Waals surface area contributed by atoms with Gasteiger partial charge in [-0.05, 0) is 79.3 Å². The molecule has 1 saturated carbocycles. The van der Waals surface area contributed by atoms with Gasteiger partial charge >= 0.3 is 5.97 Å². The highest BCUT2D eigenvalue weighted by molar-refractivity contribution is 6.47. The number of nitrogens with zero attached hydrogens (tertiary/aromatic N) is 2. The number of carboxylic acid groups (broad SMARTS) is 1. The number of hydrogen-bond donors (Lipinski definition) is 2. The molecule has 0 saturated heterocycles. The Morgan fingerprint density at radius 2 is 1.82 bits per heavy atom. The lowest BCUT2D eigenvalue weighted by atomic mass is 9.69. The van der Waals surface area contributed by atoms with Gasteiger partial charge in [-0.25, -0.2) is 4.39 Å². The lowest BCUT2D eigenvalue weighted by molar-refractivity contribution is -0.136. The van der Waals surface area contributed by atoms with Crippen molar-refractivity contribution in [3.05, 3.63) is 70.0 Å². The van der Waals surface area contributed by atoms with E-state index in [1.165, 1.54) is 12.1 Å². The Balaban J connectivity index is 1.51. The van der Waals surface area contributed by atoms with Crippen LogP contribution in [0.4, 0.5) is 4.39 Å². The Hall–Kier alpha value is -3.26. The van der Waals surface area contributed by atoms with Crippen molar-refractivity contribution in [3.8, 4) is 0 Å². The second-order valence-corrected chi connectivity index (χ2v) is 12.0. The molecular formula is C30H35ClFN3O4. The number of nitrogens with one attached hydrogen (secondary N) is 1. The van der Waals surface area contributed by atoms with Gasteiger partial charge in [0.15, 0.2) is 0 Å². The van der Waals surface area contributed by atoms with Gasteiger partial charge in [0.25, 0.3) is 11.8 Å². The summed E-state index contributed by atoms with van der Waals surface area (Å²) in [5.74, 6) is -1.51. The highest BCUT2D eigenvalue weighted by Crippen LogP contribution is 2.46. The first-order valence-electron chi connectivity index (χ1n) is 13.4. The molecule has 2 aliphatic rings. The molecule has 0 radical (unpaired) electrons. The van der Waals surface area contributed by atoms with Crippen LogP contribution in [0.1, 0.15) is 74.4 Å². The first-order valence-corrected chi connectivity index (χ1v) is 13.7. The third-order valence-corrected chi connectivity index (χ3v) is 8.10. The topological polar surface area (TPSA) is 99.1 Å². The minimum absolute atomic E-state index is 0.0595. The van der Waals surface area contributed by atoms with Gasteiger partial charge in [0.2, 0.25) is 0 Å². The first-order chi connectivity index (χ1) is 18.4. The van der Waals surface area contributed by atoms with Crippen LogP contribution in [-0.2, 0) is 16.0 Å². The number of aliphatic carboxylic acids is 1. The molecule has 0 aromatic heterocycles. The standard InChI is InChI=1S/C30H35ClFN3O4/c1-29(2,3)22-8-12-30(13-9-22)34-26(21-16-23(31)18-24(32)17-21)28(39)35(30)15-11-19-4-6-20(7-5-19)27(38)33-14-10-25(36)37/h4-7,16-18,22H,8-15H2,1-3H3,(H,33,38)(H,36,37). The van der Waals surface area contributed by atoms with Crippen LogP contribution < -0.4 is 5.32 Å². The van der Waals surface area contributed by atoms with E-state index in [0.29, 0.717) is 30.0 Å². The predicted molar refractivity (Wildman–Crippen MR) is 149 cm³/mol. The fraction of sp³-hybridized carbons (Fsp3) is 0.467. The lowest BCUT2D eigenvalue weighted by Gasteiger charge is -2.45. The second-order valence-electron chi connectivity index (χ2n) is 11.5. The third-order valence-electron chi connectivity index (χ3n) is 7.88. The zero-order chi connectivity index (χ0) is 28.4. The summed E-state index contributed by atoms with van der Waals surface area (Å²) in [4.78, 5) is 43.5. The van der Waals surface area contributed by atoms with Gasteiger partial charge < -0.3 is 15.3 Å². The molecule has 0 unspecified atom stereocenters. The van der Waals surface area contributed by atoms with E-state index in [1.54, 1.807) is 18.2 Å². The molecule has 7 nitrogen and oxygen atoms in total. The summed E-state index contributed by atoms with van der Waals surface area (Å²) in [7, 11) is 0. The van der Waals surface area contributed by atoms with Crippen molar-refractivity contribution >= 4 is 35.1 Å².